The summed E-state index contributed by atoms with van der Waals surface area (Å²) in [6.07, 6.45) is -5.58. The fraction of sp³-hybridized carbons (Fsp3) is 0.333. The summed E-state index contributed by atoms with van der Waals surface area (Å²) in [4.78, 5) is 42.9. The smallest absolute Gasteiger partial charge is 0.391 e. The molecule has 1 aliphatic heterocycles. The maximum atomic E-state index is 15.1. The Morgan fingerprint density at radius 3 is 2.23 bits per heavy atom. The highest BCUT2D eigenvalue weighted by molar-refractivity contribution is 5.99. The number of anilines is 1. The number of benzene rings is 1. The molecule has 1 aliphatic carbocycles. The first-order chi connectivity index (χ1) is 18.3. The summed E-state index contributed by atoms with van der Waals surface area (Å²) in [6, 6.07) is -1.27. The largest absolute Gasteiger partial charge is 0.408 e. The lowest BCUT2D eigenvalue weighted by molar-refractivity contribution is -0.158. The summed E-state index contributed by atoms with van der Waals surface area (Å²) in [6.45, 7) is -0.391. The van der Waals surface area contributed by atoms with Crippen molar-refractivity contribution in [1.29, 1.82) is 0 Å². The van der Waals surface area contributed by atoms with Gasteiger partial charge in [0.1, 0.15) is 23.1 Å². The Morgan fingerprint density at radius 1 is 1.05 bits per heavy atom. The van der Waals surface area contributed by atoms with E-state index in [9.17, 15) is 45.8 Å². The van der Waals surface area contributed by atoms with Gasteiger partial charge in [0.05, 0.1) is 24.5 Å². The number of pyridine rings is 2. The summed E-state index contributed by atoms with van der Waals surface area (Å²) in [7, 11) is 0. The zero-order valence-electron chi connectivity index (χ0n) is 19.5. The van der Waals surface area contributed by atoms with Crippen LogP contribution in [0.1, 0.15) is 29.6 Å². The molecule has 5 rings (SSSR count). The highest BCUT2D eigenvalue weighted by Gasteiger charge is 2.50. The lowest BCUT2D eigenvalue weighted by Crippen LogP contribution is -2.48. The molecule has 2 amide bonds. The number of fused-ring (bicyclic) bond motifs is 1. The Balaban J connectivity index is 1.74. The fourth-order valence-electron chi connectivity index (χ4n) is 4.51. The van der Waals surface area contributed by atoms with E-state index in [4.69, 9.17) is 0 Å². The van der Waals surface area contributed by atoms with E-state index in [1.54, 1.807) is 5.32 Å². The minimum absolute atomic E-state index is 0.167. The minimum Gasteiger partial charge on any atom is -0.391 e. The van der Waals surface area contributed by atoms with E-state index < -0.39 is 99.4 Å². The molecule has 2 atom stereocenters. The molecule has 0 spiro atoms. The van der Waals surface area contributed by atoms with Gasteiger partial charge in [-0.15, -0.1) is 0 Å². The van der Waals surface area contributed by atoms with Gasteiger partial charge in [-0.1, -0.05) is 0 Å². The topological polar surface area (TPSA) is 105 Å². The summed E-state index contributed by atoms with van der Waals surface area (Å²) in [5, 5.41) is 10.7. The molecule has 0 radical (unpaired) electrons. The van der Waals surface area contributed by atoms with Crippen LogP contribution in [0.5, 0.6) is 0 Å². The summed E-state index contributed by atoms with van der Waals surface area (Å²) >= 11 is 0. The third-order valence-electron chi connectivity index (χ3n) is 6.47. The average molecular weight is 558 g/mol. The number of aliphatic hydroxyl groups excluding tert-OH is 1. The number of alkyl halides is 3. The van der Waals surface area contributed by atoms with Crippen LogP contribution in [0, 0.1) is 29.2 Å². The second kappa shape index (κ2) is 9.32. The molecule has 2 aliphatic rings. The van der Waals surface area contributed by atoms with E-state index in [0.29, 0.717) is 16.8 Å². The van der Waals surface area contributed by atoms with Gasteiger partial charge < -0.3 is 10.4 Å². The van der Waals surface area contributed by atoms with Gasteiger partial charge >= 0.3 is 6.18 Å². The minimum atomic E-state index is -4.86. The van der Waals surface area contributed by atoms with Crippen LogP contribution in [0.15, 0.2) is 29.2 Å². The number of nitrogens with zero attached hydrogens (tertiary/aromatic N) is 3. The number of β-amino-alcohol motifs (C(OH)–C–C–N with tert-alkyl or cyclic N) is 1. The third kappa shape index (κ3) is 4.82. The Morgan fingerprint density at radius 2 is 1.69 bits per heavy atom. The number of nitrogens with one attached hydrogen (secondary N) is 1. The van der Waals surface area contributed by atoms with Crippen molar-refractivity contribution in [3.05, 3.63) is 63.5 Å². The molecule has 2 N–H and O–H groups in total. The molecule has 8 nitrogen and oxygen atoms in total. The molecule has 3 aromatic rings. The second-order valence-electron chi connectivity index (χ2n) is 9.32. The first kappa shape index (κ1) is 26.6. The zero-order valence-corrected chi connectivity index (χ0v) is 19.5. The summed E-state index contributed by atoms with van der Waals surface area (Å²) in [5.41, 5.74) is -4.12. The van der Waals surface area contributed by atoms with Crippen molar-refractivity contribution in [1.82, 2.24) is 14.9 Å². The molecule has 2 aromatic heterocycles. The molecule has 1 saturated heterocycles. The van der Waals surface area contributed by atoms with E-state index in [0.717, 1.165) is 4.90 Å². The van der Waals surface area contributed by atoms with Crippen molar-refractivity contribution in [2.75, 3.05) is 11.4 Å². The van der Waals surface area contributed by atoms with Gasteiger partial charge in [-0.25, -0.2) is 22.5 Å². The second-order valence-corrected chi connectivity index (χ2v) is 9.32. The maximum Gasteiger partial charge on any atom is 0.408 e. The van der Waals surface area contributed by atoms with Crippen molar-refractivity contribution in [2.24, 2.45) is 5.92 Å². The van der Waals surface area contributed by atoms with E-state index in [1.165, 1.54) is 0 Å². The number of halogens is 7. The van der Waals surface area contributed by atoms with Crippen LogP contribution >= 0.6 is 0 Å². The number of hydrogen-bond donors (Lipinski definition) is 2. The fourth-order valence-corrected chi connectivity index (χ4v) is 4.51. The average Bonchev–Trinajstić information content (AvgIpc) is 3.60. The molecule has 0 bridgehead atoms. The van der Waals surface area contributed by atoms with Gasteiger partial charge in [0.2, 0.25) is 11.3 Å². The number of aliphatic hydroxyl groups is 1. The van der Waals surface area contributed by atoms with Crippen molar-refractivity contribution < 1.29 is 45.4 Å². The summed E-state index contributed by atoms with van der Waals surface area (Å²) < 4.78 is 99.2. The monoisotopic (exact) mass is 558 g/mol. The lowest BCUT2D eigenvalue weighted by atomic mass is 10.1. The quantitative estimate of drug-likeness (QED) is 0.469. The molecular weight excluding hydrogens is 541 g/mol. The van der Waals surface area contributed by atoms with Crippen LogP contribution in [0.2, 0.25) is 0 Å². The molecule has 0 unspecified atom stereocenters. The SMILES string of the molecule is O=C(N[C@@H](C1CC1)C(F)(F)F)c1cn(-c2c(F)cc(F)cc2F)c2nc(N3C[C@@H](O)CC3=O)c(F)cc2c1=O. The number of amides is 2. The van der Waals surface area contributed by atoms with Gasteiger partial charge in [0.15, 0.2) is 28.9 Å². The first-order valence-electron chi connectivity index (χ1n) is 11.5. The number of carbonyl (C=O) groups excluding carboxylic acids is 2. The number of hydrogen-bond acceptors (Lipinski definition) is 5. The van der Waals surface area contributed by atoms with Crippen molar-refractivity contribution in [3.63, 3.8) is 0 Å². The third-order valence-corrected chi connectivity index (χ3v) is 6.47. The maximum absolute atomic E-state index is 15.1. The van der Waals surface area contributed by atoms with Crippen LogP contribution in [-0.2, 0) is 4.79 Å². The zero-order chi connectivity index (χ0) is 28.4. The highest BCUT2D eigenvalue weighted by Crippen LogP contribution is 2.40. The summed E-state index contributed by atoms with van der Waals surface area (Å²) in [5.74, 6) is -9.67. The first-order valence-corrected chi connectivity index (χ1v) is 11.5. The number of carbonyl (C=O) groups is 2. The van der Waals surface area contributed by atoms with Crippen LogP contribution in [0.25, 0.3) is 16.7 Å². The Hall–Kier alpha value is -4.01. The number of aromatic nitrogens is 2. The van der Waals surface area contributed by atoms with Gasteiger partial charge in [-0.05, 0) is 24.8 Å². The predicted octanol–water partition coefficient (Wildman–Crippen LogP) is 3.11. The Labute approximate surface area is 213 Å². The van der Waals surface area contributed by atoms with Gasteiger partial charge in [0, 0.05) is 18.3 Å². The van der Waals surface area contributed by atoms with Gasteiger partial charge in [-0.2, -0.15) is 13.2 Å². The predicted molar refractivity (Wildman–Crippen MR) is 120 cm³/mol. The van der Waals surface area contributed by atoms with Crippen LogP contribution in [0.3, 0.4) is 0 Å². The van der Waals surface area contributed by atoms with E-state index in [1.807, 2.05) is 0 Å². The van der Waals surface area contributed by atoms with Crippen LogP contribution in [-0.4, -0.2) is 51.3 Å². The van der Waals surface area contributed by atoms with Crippen LogP contribution < -0.4 is 15.6 Å². The molecule has 206 valence electrons. The van der Waals surface area contributed by atoms with Crippen molar-refractivity contribution in [3.8, 4) is 5.69 Å². The molecule has 15 heteroatoms. The van der Waals surface area contributed by atoms with Crippen LogP contribution in [0.4, 0.5) is 36.6 Å². The number of rotatable bonds is 5. The highest BCUT2D eigenvalue weighted by atomic mass is 19.4. The van der Waals surface area contributed by atoms with E-state index in [-0.39, 0.29) is 31.4 Å². The lowest BCUT2D eigenvalue weighted by Gasteiger charge is -2.22. The van der Waals surface area contributed by atoms with Crippen molar-refractivity contribution in [2.45, 2.75) is 37.6 Å². The molecule has 3 heterocycles. The standard InChI is InChI=1S/C24H17F7N4O4/c25-10-3-14(26)18(15(27)4-10)35-8-13(23(39)32-20(9-1-2-9)24(29,30)31)19(38)12-6-16(28)22(33-21(12)35)34-7-11(36)5-17(34)37/h3-4,6,8-9,11,20,36H,1-2,5,7H2,(H,32,39)/t11-,20-/m0/s1. The molecular formula is C24H17F7N4O4. The molecule has 2 fully saturated rings. The van der Waals surface area contributed by atoms with E-state index >= 15 is 4.39 Å². The van der Waals surface area contributed by atoms with Gasteiger partial charge in [0.25, 0.3) is 5.91 Å². The normalized spacial score (nSPS) is 18.6. The Bertz CT molecular complexity index is 1560. The van der Waals surface area contributed by atoms with Crippen molar-refractivity contribution >= 4 is 28.7 Å². The molecule has 1 aromatic carbocycles. The van der Waals surface area contributed by atoms with E-state index in [2.05, 4.69) is 4.98 Å². The molecule has 39 heavy (non-hydrogen) atoms. The van der Waals surface area contributed by atoms with Gasteiger partial charge in [-0.3, -0.25) is 23.9 Å². The Kier molecular flexibility index (Phi) is 6.36. The molecule has 1 saturated carbocycles.